The number of anilines is 1. The number of nitrogen functional groups attached to an aromatic ring is 1. The number of halogens is 3. The zero-order valence-electron chi connectivity index (χ0n) is 10.5. The van der Waals surface area contributed by atoms with E-state index >= 15 is 0 Å². The van der Waals surface area contributed by atoms with E-state index in [-0.39, 0.29) is 10.7 Å². The summed E-state index contributed by atoms with van der Waals surface area (Å²) in [5.74, 6) is -0.683. The summed E-state index contributed by atoms with van der Waals surface area (Å²) in [5.41, 5.74) is 6.43. The van der Waals surface area contributed by atoms with Crippen LogP contribution in [-0.2, 0) is 0 Å². The molecule has 0 saturated heterocycles. The second-order valence-electron chi connectivity index (χ2n) is 4.25. The fourth-order valence-corrected chi connectivity index (χ4v) is 2.11. The highest BCUT2D eigenvalue weighted by Gasteiger charge is 2.14. The molecule has 0 aliphatic carbocycles. The highest BCUT2D eigenvalue weighted by atomic mass is 35.5. The van der Waals surface area contributed by atoms with Crippen LogP contribution in [0.25, 0.3) is 17.1 Å². The molecule has 2 aromatic carbocycles. The minimum Gasteiger partial charge on any atom is -0.396 e. The molecule has 0 amide bonds. The fourth-order valence-electron chi connectivity index (χ4n) is 1.87. The summed E-state index contributed by atoms with van der Waals surface area (Å²) in [4.78, 5) is 0. The van der Waals surface area contributed by atoms with E-state index in [1.165, 1.54) is 35.0 Å². The van der Waals surface area contributed by atoms with E-state index in [1.807, 2.05) is 0 Å². The number of aromatic nitrogens is 4. The molecule has 0 unspecified atom stereocenters. The van der Waals surface area contributed by atoms with E-state index in [0.717, 1.165) is 6.07 Å². The fraction of sp³-hybridized carbons (Fsp3) is 0. The summed E-state index contributed by atoms with van der Waals surface area (Å²) in [6, 6.07) is 7.97. The van der Waals surface area contributed by atoms with Crippen molar-refractivity contribution >= 4 is 17.3 Å². The second kappa shape index (κ2) is 5.10. The molecule has 0 spiro atoms. The molecule has 21 heavy (non-hydrogen) atoms. The first-order chi connectivity index (χ1) is 10.1. The van der Waals surface area contributed by atoms with Crippen LogP contribution in [0.4, 0.5) is 14.5 Å². The summed E-state index contributed by atoms with van der Waals surface area (Å²) in [5, 5.41) is 11.4. The molecule has 0 fully saturated rings. The second-order valence-corrected chi connectivity index (χ2v) is 4.65. The lowest BCUT2D eigenvalue weighted by Gasteiger charge is -2.07. The number of rotatable bonds is 2. The molecule has 0 radical (unpaired) electrons. The van der Waals surface area contributed by atoms with Crippen molar-refractivity contribution < 1.29 is 8.78 Å². The monoisotopic (exact) mass is 307 g/mol. The maximum Gasteiger partial charge on any atom is 0.187 e. The smallest absolute Gasteiger partial charge is 0.187 e. The van der Waals surface area contributed by atoms with Crippen LogP contribution in [0.15, 0.2) is 36.4 Å². The predicted octanol–water partition coefficient (Wildman–Crippen LogP) is 2.84. The number of nitrogens with zero attached hydrogens (tertiary/aromatic N) is 4. The van der Waals surface area contributed by atoms with E-state index in [2.05, 4.69) is 15.5 Å². The van der Waals surface area contributed by atoms with Crippen LogP contribution in [0.3, 0.4) is 0 Å². The Morgan fingerprint density at radius 3 is 2.62 bits per heavy atom. The minimum absolute atomic E-state index is 0.0211. The van der Waals surface area contributed by atoms with Crippen molar-refractivity contribution in [3.63, 3.8) is 0 Å². The van der Waals surface area contributed by atoms with Gasteiger partial charge in [-0.25, -0.2) is 8.78 Å². The predicted molar refractivity (Wildman–Crippen MR) is 73.9 cm³/mol. The van der Waals surface area contributed by atoms with Crippen LogP contribution in [0.2, 0.25) is 5.02 Å². The number of tetrazole rings is 1. The van der Waals surface area contributed by atoms with Gasteiger partial charge in [0.25, 0.3) is 0 Å². The molecule has 3 aromatic rings. The summed E-state index contributed by atoms with van der Waals surface area (Å²) in [7, 11) is 0. The number of nitrogens with two attached hydrogens (primary N) is 1. The van der Waals surface area contributed by atoms with Gasteiger partial charge < -0.3 is 5.73 Å². The Morgan fingerprint density at radius 1 is 1.10 bits per heavy atom. The van der Waals surface area contributed by atoms with Crippen LogP contribution in [0, 0.1) is 11.6 Å². The Bertz CT molecular complexity index is 818. The number of hydrogen-bond acceptors (Lipinski definition) is 4. The first-order valence-electron chi connectivity index (χ1n) is 5.85. The molecule has 5 nitrogen and oxygen atoms in total. The van der Waals surface area contributed by atoms with Gasteiger partial charge in [-0.1, -0.05) is 11.6 Å². The SMILES string of the molecule is Nc1cc(-c2nnnn2-c2ccc(F)cc2Cl)ccc1F. The van der Waals surface area contributed by atoms with Gasteiger partial charge in [0.15, 0.2) is 5.82 Å². The minimum atomic E-state index is -0.530. The van der Waals surface area contributed by atoms with Gasteiger partial charge in [0.05, 0.1) is 16.4 Å². The summed E-state index contributed by atoms with van der Waals surface area (Å²) >= 11 is 6.00. The van der Waals surface area contributed by atoms with Gasteiger partial charge in [-0.15, -0.1) is 5.10 Å². The lowest BCUT2D eigenvalue weighted by molar-refractivity contribution is 0.627. The first kappa shape index (κ1) is 13.4. The van der Waals surface area contributed by atoms with Crippen molar-refractivity contribution in [3.8, 4) is 17.1 Å². The van der Waals surface area contributed by atoms with Gasteiger partial charge in [-0.3, -0.25) is 0 Å². The summed E-state index contributed by atoms with van der Waals surface area (Å²) < 4.78 is 27.7. The van der Waals surface area contributed by atoms with E-state index in [9.17, 15) is 8.78 Å². The Balaban J connectivity index is 2.14. The maximum absolute atomic E-state index is 13.2. The Morgan fingerprint density at radius 2 is 1.90 bits per heavy atom. The summed E-state index contributed by atoms with van der Waals surface area (Å²) in [6.45, 7) is 0. The highest BCUT2D eigenvalue weighted by Crippen LogP contribution is 2.26. The van der Waals surface area contributed by atoms with Gasteiger partial charge in [0, 0.05) is 5.56 Å². The zero-order chi connectivity index (χ0) is 15.0. The molecule has 8 heteroatoms. The van der Waals surface area contributed by atoms with Crippen LogP contribution >= 0.6 is 11.6 Å². The van der Waals surface area contributed by atoms with Crippen molar-refractivity contribution in [2.45, 2.75) is 0 Å². The lowest BCUT2D eigenvalue weighted by Crippen LogP contribution is -2.02. The third kappa shape index (κ3) is 2.43. The van der Waals surface area contributed by atoms with E-state index < -0.39 is 11.6 Å². The molecule has 0 bridgehead atoms. The van der Waals surface area contributed by atoms with Crippen LogP contribution in [0.1, 0.15) is 0 Å². The first-order valence-corrected chi connectivity index (χ1v) is 6.23. The Kier molecular flexibility index (Phi) is 3.26. The largest absolute Gasteiger partial charge is 0.396 e. The molecule has 1 heterocycles. The lowest BCUT2D eigenvalue weighted by atomic mass is 10.2. The van der Waals surface area contributed by atoms with E-state index in [1.54, 1.807) is 0 Å². The van der Waals surface area contributed by atoms with Crippen molar-refractivity contribution in [2.24, 2.45) is 0 Å². The molecular formula is C13H8ClF2N5. The quantitative estimate of drug-likeness (QED) is 0.739. The van der Waals surface area contributed by atoms with Crippen LogP contribution < -0.4 is 5.73 Å². The highest BCUT2D eigenvalue weighted by molar-refractivity contribution is 6.32. The van der Waals surface area contributed by atoms with Crippen molar-refractivity contribution in [1.29, 1.82) is 0 Å². The van der Waals surface area contributed by atoms with Crippen LogP contribution in [0.5, 0.6) is 0 Å². The molecule has 0 aliphatic heterocycles. The normalized spacial score (nSPS) is 10.8. The molecule has 2 N–H and O–H groups in total. The molecule has 1 aromatic heterocycles. The van der Waals surface area contributed by atoms with E-state index in [0.29, 0.717) is 17.1 Å². The van der Waals surface area contributed by atoms with Crippen LogP contribution in [-0.4, -0.2) is 20.2 Å². The summed E-state index contributed by atoms with van der Waals surface area (Å²) in [6.07, 6.45) is 0. The van der Waals surface area contributed by atoms with Crippen molar-refractivity contribution in [1.82, 2.24) is 20.2 Å². The number of benzene rings is 2. The van der Waals surface area contributed by atoms with E-state index in [4.69, 9.17) is 17.3 Å². The van der Waals surface area contributed by atoms with Gasteiger partial charge in [-0.2, -0.15) is 4.68 Å². The maximum atomic E-state index is 13.2. The van der Waals surface area contributed by atoms with Gasteiger partial charge in [0.2, 0.25) is 0 Å². The molecule has 0 atom stereocenters. The Labute approximate surface area is 123 Å². The van der Waals surface area contributed by atoms with Crippen molar-refractivity contribution in [2.75, 3.05) is 5.73 Å². The molecule has 0 saturated carbocycles. The number of hydrogen-bond donors (Lipinski definition) is 1. The molecular weight excluding hydrogens is 300 g/mol. The van der Waals surface area contributed by atoms with Crippen molar-refractivity contribution in [3.05, 3.63) is 53.1 Å². The molecule has 0 aliphatic rings. The Hall–Kier alpha value is -2.54. The van der Waals surface area contributed by atoms with Gasteiger partial charge >= 0.3 is 0 Å². The standard InChI is InChI=1S/C13H8ClF2N5/c14-9-6-8(15)2-4-12(9)21-13(18-19-20-21)7-1-3-10(16)11(17)5-7/h1-6H,17H2. The molecule has 3 rings (SSSR count). The molecule has 106 valence electrons. The third-order valence-electron chi connectivity index (χ3n) is 2.86. The topological polar surface area (TPSA) is 69.6 Å². The zero-order valence-corrected chi connectivity index (χ0v) is 11.2. The third-order valence-corrected chi connectivity index (χ3v) is 3.16. The van der Waals surface area contributed by atoms with Gasteiger partial charge in [0.1, 0.15) is 11.6 Å². The average Bonchev–Trinajstić information content (AvgIpc) is 2.91. The average molecular weight is 308 g/mol. The van der Waals surface area contributed by atoms with Gasteiger partial charge in [-0.05, 0) is 46.8 Å².